The predicted molar refractivity (Wildman–Crippen MR) is 77.9 cm³/mol. The van der Waals surface area contributed by atoms with Crippen LogP contribution in [0.15, 0.2) is 47.4 Å². The molecule has 4 nitrogen and oxygen atoms in total. The van der Waals surface area contributed by atoms with Crippen molar-refractivity contribution in [1.82, 2.24) is 0 Å². The van der Waals surface area contributed by atoms with Crippen LogP contribution in [0.5, 0.6) is 0 Å². The van der Waals surface area contributed by atoms with Gasteiger partial charge in [-0.05, 0) is 48.9 Å². The highest BCUT2D eigenvalue weighted by atomic mass is 32.2. The molecule has 0 radical (unpaired) electrons. The molecule has 2 aromatic carbocycles. The Bertz CT molecular complexity index is 826. The smallest absolute Gasteiger partial charge is 0.264 e. The highest BCUT2D eigenvalue weighted by Gasteiger charge is 2.22. The van der Waals surface area contributed by atoms with Crippen molar-refractivity contribution in [3.63, 3.8) is 0 Å². The molecule has 0 atom stereocenters. The molecule has 21 heavy (non-hydrogen) atoms. The van der Waals surface area contributed by atoms with Crippen molar-refractivity contribution in [2.45, 2.75) is 11.8 Å². The van der Waals surface area contributed by atoms with Crippen LogP contribution in [0.2, 0.25) is 0 Å². The van der Waals surface area contributed by atoms with E-state index < -0.39 is 15.8 Å². The van der Waals surface area contributed by atoms with Crippen molar-refractivity contribution in [2.75, 3.05) is 11.4 Å². The summed E-state index contributed by atoms with van der Waals surface area (Å²) in [5.74, 6) is -0.455. The van der Waals surface area contributed by atoms with Gasteiger partial charge in [0, 0.05) is 7.05 Å². The summed E-state index contributed by atoms with van der Waals surface area (Å²) in [6.07, 6.45) is 0. The minimum Gasteiger partial charge on any atom is -0.269 e. The number of benzene rings is 2. The lowest BCUT2D eigenvalue weighted by Gasteiger charge is -2.20. The Kier molecular flexibility index (Phi) is 3.96. The lowest BCUT2D eigenvalue weighted by Crippen LogP contribution is -2.26. The summed E-state index contributed by atoms with van der Waals surface area (Å²) >= 11 is 0. The predicted octanol–water partition coefficient (Wildman–Crippen LogP) is 2.83. The standard InChI is InChI=1S/C15H13FN2O2S/c1-11-8-14(6-7-15(11)16)21(19,20)18(2)13-5-3-4-12(9-13)10-17/h3-9H,1-2H3. The Balaban J connectivity index is 2.47. The van der Waals surface area contributed by atoms with Crippen molar-refractivity contribution in [3.8, 4) is 6.07 Å². The maximum Gasteiger partial charge on any atom is 0.264 e. The van der Waals surface area contributed by atoms with Crippen LogP contribution in [0.25, 0.3) is 0 Å². The van der Waals surface area contributed by atoms with Gasteiger partial charge in [-0.2, -0.15) is 5.26 Å². The third-order valence-corrected chi connectivity index (χ3v) is 4.91. The summed E-state index contributed by atoms with van der Waals surface area (Å²) in [6, 6.07) is 11.9. The van der Waals surface area contributed by atoms with Gasteiger partial charge in [0.1, 0.15) is 5.82 Å². The van der Waals surface area contributed by atoms with Gasteiger partial charge in [0.25, 0.3) is 10.0 Å². The maximum absolute atomic E-state index is 13.3. The third kappa shape index (κ3) is 2.88. The van der Waals surface area contributed by atoms with E-state index in [1.165, 1.54) is 32.2 Å². The van der Waals surface area contributed by atoms with E-state index in [2.05, 4.69) is 0 Å². The Morgan fingerprint density at radius 1 is 1.19 bits per heavy atom. The first-order chi connectivity index (χ1) is 9.86. The number of hydrogen-bond donors (Lipinski definition) is 0. The number of aryl methyl sites for hydroxylation is 1. The summed E-state index contributed by atoms with van der Waals surface area (Å²) in [6.45, 7) is 1.50. The second-order valence-electron chi connectivity index (χ2n) is 4.55. The molecule has 0 saturated heterocycles. The van der Waals surface area contributed by atoms with Gasteiger partial charge in [0.05, 0.1) is 22.2 Å². The molecule has 0 aliphatic heterocycles. The molecule has 0 bridgehead atoms. The lowest BCUT2D eigenvalue weighted by atomic mass is 10.2. The Morgan fingerprint density at radius 3 is 2.52 bits per heavy atom. The van der Waals surface area contributed by atoms with Crippen LogP contribution < -0.4 is 4.31 Å². The van der Waals surface area contributed by atoms with E-state index in [-0.39, 0.29) is 10.5 Å². The summed E-state index contributed by atoms with van der Waals surface area (Å²) in [5, 5.41) is 8.87. The van der Waals surface area contributed by atoms with Gasteiger partial charge in [-0.1, -0.05) is 6.07 Å². The molecule has 6 heteroatoms. The van der Waals surface area contributed by atoms with E-state index in [1.807, 2.05) is 6.07 Å². The van der Waals surface area contributed by atoms with Gasteiger partial charge in [0.15, 0.2) is 0 Å². The SMILES string of the molecule is Cc1cc(S(=O)(=O)N(C)c2cccc(C#N)c2)ccc1F. The van der Waals surface area contributed by atoms with Gasteiger partial charge in [-0.15, -0.1) is 0 Å². The van der Waals surface area contributed by atoms with Crippen LogP contribution in [0.1, 0.15) is 11.1 Å². The maximum atomic E-state index is 13.3. The van der Waals surface area contributed by atoms with Crippen LogP contribution in [-0.2, 0) is 10.0 Å². The van der Waals surface area contributed by atoms with Crippen LogP contribution in [0, 0.1) is 24.1 Å². The van der Waals surface area contributed by atoms with E-state index in [1.54, 1.807) is 18.2 Å². The van der Waals surface area contributed by atoms with E-state index in [0.29, 0.717) is 11.3 Å². The fourth-order valence-electron chi connectivity index (χ4n) is 1.85. The minimum absolute atomic E-state index is 0.00580. The minimum atomic E-state index is -3.80. The molecule has 0 heterocycles. The van der Waals surface area contributed by atoms with Crippen molar-refractivity contribution in [2.24, 2.45) is 0 Å². The quantitative estimate of drug-likeness (QED) is 0.876. The zero-order chi connectivity index (χ0) is 15.6. The Morgan fingerprint density at radius 2 is 1.90 bits per heavy atom. The molecule has 0 fully saturated rings. The molecule has 2 aromatic rings. The Labute approximate surface area is 123 Å². The van der Waals surface area contributed by atoms with E-state index >= 15 is 0 Å². The van der Waals surface area contributed by atoms with E-state index in [4.69, 9.17) is 5.26 Å². The molecular formula is C15H13FN2O2S. The molecule has 0 N–H and O–H groups in total. The zero-order valence-corrected chi connectivity index (χ0v) is 12.4. The summed E-state index contributed by atoms with van der Waals surface area (Å²) in [7, 11) is -2.41. The second-order valence-corrected chi connectivity index (χ2v) is 6.51. The molecule has 0 aromatic heterocycles. The van der Waals surface area contributed by atoms with Crippen molar-refractivity contribution in [3.05, 3.63) is 59.4 Å². The van der Waals surface area contributed by atoms with Gasteiger partial charge in [-0.25, -0.2) is 12.8 Å². The molecule has 0 aliphatic carbocycles. The van der Waals surface area contributed by atoms with Gasteiger partial charge < -0.3 is 0 Å². The average molecular weight is 304 g/mol. The first-order valence-corrected chi connectivity index (χ1v) is 7.55. The number of nitrogens with zero attached hydrogens (tertiary/aromatic N) is 2. The van der Waals surface area contributed by atoms with Crippen LogP contribution in [-0.4, -0.2) is 15.5 Å². The number of hydrogen-bond acceptors (Lipinski definition) is 3. The van der Waals surface area contributed by atoms with E-state index in [0.717, 1.165) is 10.4 Å². The average Bonchev–Trinajstić information content (AvgIpc) is 2.49. The summed E-state index contributed by atoms with van der Waals surface area (Å²) < 4.78 is 39.4. The van der Waals surface area contributed by atoms with Crippen LogP contribution in [0.4, 0.5) is 10.1 Å². The highest BCUT2D eigenvalue weighted by molar-refractivity contribution is 7.92. The van der Waals surface area contributed by atoms with Gasteiger partial charge in [0.2, 0.25) is 0 Å². The van der Waals surface area contributed by atoms with Gasteiger partial charge >= 0.3 is 0 Å². The van der Waals surface area contributed by atoms with E-state index in [9.17, 15) is 12.8 Å². The van der Waals surface area contributed by atoms with Crippen molar-refractivity contribution >= 4 is 15.7 Å². The molecular weight excluding hydrogens is 291 g/mol. The van der Waals surface area contributed by atoms with Crippen molar-refractivity contribution in [1.29, 1.82) is 5.26 Å². The number of sulfonamides is 1. The second kappa shape index (κ2) is 5.54. The highest BCUT2D eigenvalue weighted by Crippen LogP contribution is 2.24. The normalized spacial score (nSPS) is 11.0. The van der Waals surface area contributed by atoms with Crippen LogP contribution >= 0.6 is 0 Å². The zero-order valence-electron chi connectivity index (χ0n) is 11.5. The molecule has 0 aliphatic rings. The molecule has 0 unspecified atom stereocenters. The number of halogens is 1. The molecule has 0 saturated carbocycles. The topological polar surface area (TPSA) is 61.2 Å². The number of rotatable bonds is 3. The van der Waals surface area contributed by atoms with Crippen LogP contribution in [0.3, 0.4) is 0 Å². The lowest BCUT2D eigenvalue weighted by molar-refractivity contribution is 0.592. The fraction of sp³-hybridized carbons (Fsp3) is 0.133. The summed E-state index contributed by atoms with van der Waals surface area (Å²) in [5.41, 5.74) is 0.996. The summed E-state index contributed by atoms with van der Waals surface area (Å²) in [4.78, 5) is 0.00580. The number of nitriles is 1. The monoisotopic (exact) mass is 304 g/mol. The molecule has 0 spiro atoms. The van der Waals surface area contributed by atoms with Crippen molar-refractivity contribution < 1.29 is 12.8 Å². The fourth-order valence-corrected chi connectivity index (χ4v) is 3.12. The number of anilines is 1. The first kappa shape index (κ1) is 15.0. The third-order valence-electron chi connectivity index (χ3n) is 3.13. The largest absolute Gasteiger partial charge is 0.269 e. The Hall–Kier alpha value is -2.39. The molecule has 108 valence electrons. The first-order valence-electron chi connectivity index (χ1n) is 6.11. The van der Waals surface area contributed by atoms with Gasteiger partial charge in [-0.3, -0.25) is 4.31 Å². The molecule has 2 rings (SSSR count). The molecule has 0 amide bonds.